The van der Waals surface area contributed by atoms with Crippen molar-refractivity contribution in [3.8, 4) is 0 Å². The summed E-state index contributed by atoms with van der Waals surface area (Å²) >= 11 is 0. The van der Waals surface area contributed by atoms with Crippen molar-refractivity contribution in [2.75, 3.05) is 73.6 Å². The molecule has 0 aliphatic carbocycles. The zero-order valence-electron chi connectivity index (χ0n) is 15.5. The molecule has 0 amide bonds. The third-order valence-electron chi connectivity index (χ3n) is 5.36. The number of nitrogens with zero attached hydrogens (tertiary/aromatic N) is 7. The molecule has 4 rings (SSSR count). The van der Waals surface area contributed by atoms with E-state index in [9.17, 15) is 0 Å². The number of para-hydroxylation sites is 1. The van der Waals surface area contributed by atoms with Crippen LogP contribution in [-0.2, 0) is 0 Å². The lowest BCUT2D eigenvalue weighted by Gasteiger charge is -2.37. The molecule has 0 radical (unpaired) electrons. The van der Waals surface area contributed by atoms with E-state index < -0.39 is 0 Å². The van der Waals surface area contributed by atoms with Gasteiger partial charge in [-0.1, -0.05) is 25.1 Å². The Hall–Kier alpha value is -2.41. The minimum Gasteiger partial charge on any atom is -0.368 e. The summed E-state index contributed by atoms with van der Waals surface area (Å²) in [5.41, 5.74) is 1.29. The highest BCUT2D eigenvalue weighted by molar-refractivity contribution is 5.49. The van der Waals surface area contributed by atoms with Gasteiger partial charge in [0.15, 0.2) is 5.82 Å². The maximum atomic E-state index is 4.81. The van der Waals surface area contributed by atoms with Crippen LogP contribution < -0.4 is 14.7 Å². The van der Waals surface area contributed by atoms with Gasteiger partial charge in [0.1, 0.15) is 0 Å². The Morgan fingerprint density at radius 3 is 2.15 bits per heavy atom. The SMILES string of the molecule is CCN1CCN(c2nncc(N3CCN(c4ccccc4)CC3)n2)CC1. The fourth-order valence-electron chi connectivity index (χ4n) is 3.67. The van der Waals surface area contributed by atoms with Crippen molar-refractivity contribution < 1.29 is 0 Å². The molecular weight excluding hydrogens is 326 g/mol. The van der Waals surface area contributed by atoms with Gasteiger partial charge in [-0.05, 0) is 18.7 Å². The molecule has 0 atom stereocenters. The third-order valence-corrected chi connectivity index (χ3v) is 5.36. The van der Waals surface area contributed by atoms with Gasteiger partial charge >= 0.3 is 0 Å². The summed E-state index contributed by atoms with van der Waals surface area (Å²) in [5.74, 6) is 1.71. The summed E-state index contributed by atoms with van der Waals surface area (Å²) in [6.07, 6.45) is 1.80. The molecule has 7 heteroatoms. The van der Waals surface area contributed by atoms with E-state index in [4.69, 9.17) is 4.98 Å². The van der Waals surface area contributed by atoms with E-state index in [0.29, 0.717) is 0 Å². The summed E-state index contributed by atoms with van der Waals surface area (Å²) in [5, 5.41) is 8.51. The van der Waals surface area contributed by atoms with Crippen LogP contribution in [0.1, 0.15) is 6.92 Å². The first-order valence-electron chi connectivity index (χ1n) is 9.55. The molecule has 26 heavy (non-hydrogen) atoms. The fraction of sp³-hybridized carbons (Fsp3) is 0.526. The summed E-state index contributed by atoms with van der Waals surface area (Å²) < 4.78 is 0. The van der Waals surface area contributed by atoms with E-state index >= 15 is 0 Å². The molecule has 0 bridgehead atoms. The Balaban J connectivity index is 1.38. The molecule has 2 saturated heterocycles. The average Bonchev–Trinajstić information content (AvgIpc) is 2.75. The van der Waals surface area contributed by atoms with Gasteiger partial charge in [-0.2, -0.15) is 10.1 Å². The van der Waals surface area contributed by atoms with Crippen molar-refractivity contribution >= 4 is 17.5 Å². The monoisotopic (exact) mass is 353 g/mol. The number of anilines is 3. The quantitative estimate of drug-likeness (QED) is 0.822. The number of piperazine rings is 2. The first-order valence-corrected chi connectivity index (χ1v) is 9.55. The van der Waals surface area contributed by atoms with Crippen molar-refractivity contribution in [2.24, 2.45) is 0 Å². The predicted molar refractivity (Wildman–Crippen MR) is 105 cm³/mol. The van der Waals surface area contributed by atoms with E-state index in [2.05, 4.69) is 67.1 Å². The number of hydrogen-bond donors (Lipinski definition) is 0. The van der Waals surface area contributed by atoms with Gasteiger partial charge in [0.25, 0.3) is 0 Å². The molecule has 138 valence electrons. The first kappa shape index (κ1) is 17.0. The molecular formula is C19H27N7. The van der Waals surface area contributed by atoms with Gasteiger partial charge in [0.2, 0.25) is 5.95 Å². The van der Waals surface area contributed by atoms with Gasteiger partial charge in [-0.3, -0.25) is 0 Å². The standard InChI is InChI=1S/C19H27N7/c1-2-23-8-10-26(11-9-23)19-21-18(16-20-22-19)25-14-12-24(13-15-25)17-6-4-3-5-7-17/h3-7,16H,2,8-15H2,1H3. The molecule has 3 heterocycles. The molecule has 2 aliphatic rings. The van der Waals surface area contributed by atoms with E-state index in [0.717, 1.165) is 70.7 Å². The van der Waals surface area contributed by atoms with Gasteiger partial charge in [-0.15, -0.1) is 5.10 Å². The fourth-order valence-corrected chi connectivity index (χ4v) is 3.67. The molecule has 7 nitrogen and oxygen atoms in total. The molecule has 2 aromatic rings. The second-order valence-electron chi connectivity index (χ2n) is 6.85. The predicted octanol–water partition coefficient (Wildman–Crippen LogP) is 1.34. The van der Waals surface area contributed by atoms with Crippen molar-refractivity contribution in [3.05, 3.63) is 36.5 Å². The normalized spacial score (nSPS) is 19.0. The Kier molecular flexibility index (Phi) is 5.15. The Labute approximate surface area is 155 Å². The second-order valence-corrected chi connectivity index (χ2v) is 6.85. The molecule has 0 N–H and O–H groups in total. The Morgan fingerprint density at radius 2 is 1.46 bits per heavy atom. The number of rotatable bonds is 4. The lowest BCUT2D eigenvalue weighted by Crippen LogP contribution is -2.48. The van der Waals surface area contributed by atoms with Gasteiger partial charge in [-0.25, -0.2) is 0 Å². The zero-order chi connectivity index (χ0) is 17.8. The van der Waals surface area contributed by atoms with Gasteiger partial charge < -0.3 is 19.6 Å². The highest BCUT2D eigenvalue weighted by Crippen LogP contribution is 2.20. The van der Waals surface area contributed by atoms with Crippen molar-refractivity contribution in [3.63, 3.8) is 0 Å². The maximum Gasteiger partial charge on any atom is 0.247 e. The lowest BCUT2D eigenvalue weighted by atomic mass is 10.2. The minimum atomic E-state index is 0.767. The molecule has 0 spiro atoms. The summed E-state index contributed by atoms with van der Waals surface area (Å²) in [6.45, 7) is 11.3. The third kappa shape index (κ3) is 3.72. The lowest BCUT2D eigenvalue weighted by molar-refractivity contribution is 0.269. The van der Waals surface area contributed by atoms with Crippen molar-refractivity contribution in [1.29, 1.82) is 0 Å². The van der Waals surface area contributed by atoms with Crippen molar-refractivity contribution in [1.82, 2.24) is 20.1 Å². The van der Waals surface area contributed by atoms with Crippen LogP contribution in [0.2, 0.25) is 0 Å². The highest BCUT2D eigenvalue weighted by Gasteiger charge is 2.22. The van der Waals surface area contributed by atoms with Crippen LogP contribution in [0.25, 0.3) is 0 Å². The van der Waals surface area contributed by atoms with Crippen LogP contribution in [-0.4, -0.2) is 79.0 Å². The molecule has 2 fully saturated rings. The highest BCUT2D eigenvalue weighted by atomic mass is 15.4. The number of aromatic nitrogens is 3. The van der Waals surface area contributed by atoms with E-state index in [1.54, 1.807) is 6.20 Å². The summed E-state index contributed by atoms with van der Waals surface area (Å²) in [7, 11) is 0. The smallest absolute Gasteiger partial charge is 0.247 e. The molecule has 0 unspecified atom stereocenters. The van der Waals surface area contributed by atoms with E-state index in [-0.39, 0.29) is 0 Å². The van der Waals surface area contributed by atoms with E-state index in [1.807, 2.05) is 0 Å². The van der Waals surface area contributed by atoms with Crippen LogP contribution in [0, 0.1) is 0 Å². The van der Waals surface area contributed by atoms with Crippen LogP contribution in [0.15, 0.2) is 36.5 Å². The number of likely N-dealkylation sites (N-methyl/N-ethyl adjacent to an activating group) is 1. The minimum absolute atomic E-state index is 0.767. The summed E-state index contributed by atoms with van der Waals surface area (Å²) in [4.78, 5) is 14.3. The Bertz CT molecular complexity index is 692. The molecule has 1 aromatic carbocycles. The number of hydrogen-bond acceptors (Lipinski definition) is 7. The molecule has 2 aliphatic heterocycles. The van der Waals surface area contributed by atoms with Crippen LogP contribution in [0.3, 0.4) is 0 Å². The number of benzene rings is 1. The topological polar surface area (TPSA) is 51.6 Å². The zero-order valence-corrected chi connectivity index (χ0v) is 15.5. The van der Waals surface area contributed by atoms with Crippen molar-refractivity contribution in [2.45, 2.75) is 6.92 Å². The van der Waals surface area contributed by atoms with Crippen LogP contribution in [0.5, 0.6) is 0 Å². The van der Waals surface area contributed by atoms with Crippen LogP contribution >= 0.6 is 0 Å². The van der Waals surface area contributed by atoms with E-state index in [1.165, 1.54) is 5.69 Å². The average molecular weight is 353 g/mol. The first-order chi connectivity index (χ1) is 12.8. The molecule has 0 saturated carbocycles. The van der Waals surface area contributed by atoms with Crippen LogP contribution in [0.4, 0.5) is 17.5 Å². The largest absolute Gasteiger partial charge is 0.368 e. The van der Waals surface area contributed by atoms with Gasteiger partial charge in [0.05, 0.1) is 6.20 Å². The second kappa shape index (κ2) is 7.86. The maximum absolute atomic E-state index is 4.81. The van der Waals surface area contributed by atoms with Gasteiger partial charge in [0, 0.05) is 58.0 Å². The summed E-state index contributed by atoms with van der Waals surface area (Å²) in [6, 6.07) is 10.6. The molecule has 1 aromatic heterocycles. The Morgan fingerprint density at radius 1 is 0.808 bits per heavy atom.